The Morgan fingerprint density at radius 1 is 1.11 bits per heavy atom. The normalized spacial score (nSPS) is 11.7. The van der Waals surface area contributed by atoms with E-state index in [0.29, 0.717) is 29.7 Å². The number of aryl methyl sites for hydroxylation is 1. The van der Waals surface area contributed by atoms with E-state index in [0.717, 1.165) is 12.1 Å². The van der Waals surface area contributed by atoms with Gasteiger partial charge in [-0.3, -0.25) is 0 Å². The van der Waals surface area contributed by atoms with Crippen LogP contribution in [0.15, 0.2) is 24.7 Å². The zero-order valence-electron chi connectivity index (χ0n) is 15.4. The molecule has 3 aromatic rings. The van der Waals surface area contributed by atoms with Gasteiger partial charge in [-0.2, -0.15) is 0 Å². The summed E-state index contributed by atoms with van der Waals surface area (Å²) in [7, 11) is -3.49. The standard InChI is InChI=1S/C18H19F2N5O2S/c1-3-7-28(26,27)9-11-5-6-12(19)16(15(11)20)25-18-17-13(22-10-23-18)8-21-14(4-2)24-17/h5-6,8,10H,3-4,7,9H2,1-2H3,(H,22,23,25). The molecular weight excluding hydrogens is 388 g/mol. The molecule has 0 aliphatic heterocycles. The van der Waals surface area contributed by atoms with Crippen LogP contribution in [0.5, 0.6) is 0 Å². The van der Waals surface area contributed by atoms with Crippen LogP contribution in [-0.2, 0) is 22.0 Å². The molecule has 0 fully saturated rings. The van der Waals surface area contributed by atoms with E-state index in [4.69, 9.17) is 0 Å². The fraction of sp³-hybridized carbons (Fsp3) is 0.333. The number of nitrogens with zero attached hydrogens (tertiary/aromatic N) is 4. The quantitative estimate of drug-likeness (QED) is 0.641. The van der Waals surface area contributed by atoms with Gasteiger partial charge in [-0.25, -0.2) is 37.1 Å². The SMILES string of the molecule is CCCS(=O)(=O)Cc1ccc(F)c(Nc2ncnc3cnc(CC)nc23)c1F. The molecule has 0 aliphatic rings. The van der Waals surface area contributed by atoms with Gasteiger partial charge < -0.3 is 5.32 Å². The van der Waals surface area contributed by atoms with Crippen LogP contribution in [0.4, 0.5) is 20.3 Å². The van der Waals surface area contributed by atoms with E-state index in [1.54, 1.807) is 6.92 Å². The lowest BCUT2D eigenvalue weighted by Gasteiger charge is -2.13. The van der Waals surface area contributed by atoms with E-state index in [1.165, 1.54) is 12.5 Å². The van der Waals surface area contributed by atoms with E-state index in [1.807, 2.05) is 6.92 Å². The second-order valence-corrected chi connectivity index (χ2v) is 8.39. The Morgan fingerprint density at radius 3 is 2.61 bits per heavy atom. The Morgan fingerprint density at radius 2 is 1.89 bits per heavy atom. The Hall–Kier alpha value is -2.75. The molecule has 3 rings (SSSR count). The third-order valence-electron chi connectivity index (χ3n) is 4.05. The Labute approximate surface area is 161 Å². The highest BCUT2D eigenvalue weighted by Gasteiger charge is 2.20. The predicted octanol–water partition coefficient (Wildman–Crippen LogP) is 3.33. The molecule has 10 heteroatoms. The van der Waals surface area contributed by atoms with Crippen molar-refractivity contribution in [3.8, 4) is 0 Å². The maximum atomic E-state index is 14.9. The predicted molar refractivity (Wildman–Crippen MR) is 102 cm³/mol. The van der Waals surface area contributed by atoms with Crippen molar-refractivity contribution in [1.29, 1.82) is 0 Å². The van der Waals surface area contributed by atoms with Crippen LogP contribution in [0.25, 0.3) is 11.0 Å². The van der Waals surface area contributed by atoms with Crippen LogP contribution in [0.2, 0.25) is 0 Å². The smallest absolute Gasteiger partial charge is 0.160 e. The van der Waals surface area contributed by atoms with Gasteiger partial charge in [-0.05, 0) is 12.5 Å². The maximum absolute atomic E-state index is 14.9. The first-order chi connectivity index (χ1) is 13.3. The lowest BCUT2D eigenvalue weighted by molar-refractivity contribution is 0.574. The molecule has 1 N–H and O–H groups in total. The van der Waals surface area contributed by atoms with Crippen LogP contribution < -0.4 is 5.32 Å². The van der Waals surface area contributed by atoms with Gasteiger partial charge in [-0.15, -0.1) is 0 Å². The van der Waals surface area contributed by atoms with Crippen molar-refractivity contribution in [2.45, 2.75) is 32.4 Å². The number of anilines is 2. The molecular formula is C18H19F2N5O2S. The molecule has 0 saturated carbocycles. The van der Waals surface area contributed by atoms with Gasteiger partial charge in [0.05, 0.1) is 17.7 Å². The molecule has 0 radical (unpaired) electrons. The number of hydrogen-bond acceptors (Lipinski definition) is 7. The van der Waals surface area contributed by atoms with Gasteiger partial charge in [0.2, 0.25) is 0 Å². The first-order valence-electron chi connectivity index (χ1n) is 8.75. The summed E-state index contributed by atoms with van der Waals surface area (Å²) in [5, 5.41) is 2.61. The summed E-state index contributed by atoms with van der Waals surface area (Å²) in [4.78, 5) is 16.5. The summed E-state index contributed by atoms with van der Waals surface area (Å²) < 4.78 is 53.3. The summed E-state index contributed by atoms with van der Waals surface area (Å²) >= 11 is 0. The summed E-state index contributed by atoms with van der Waals surface area (Å²) in [5.74, 6) is -1.78. The number of sulfone groups is 1. The second kappa shape index (κ2) is 8.09. The Balaban J connectivity index is 2.03. The van der Waals surface area contributed by atoms with Crippen molar-refractivity contribution in [2.75, 3.05) is 11.1 Å². The highest BCUT2D eigenvalue weighted by Crippen LogP contribution is 2.28. The molecule has 28 heavy (non-hydrogen) atoms. The summed E-state index contributed by atoms with van der Waals surface area (Å²) in [5.41, 5.74) is 0.134. The van der Waals surface area contributed by atoms with E-state index < -0.39 is 32.9 Å². The van der Waals surface area contributed by atoms with Gasteiger partial charge in [0, 0.05) is 12.0 Å². The lowest BCUT2D eigenvalue weighted by Crippen LogP contribution is -2.11. The maximum Gasteiger partial charge on any atom is 0.160 e. The summed E-state index contributed by atoms with van der Waals surface area (Å²) in [6.45, 7) is 3.59. The lowest BCUT2D eigenvalue weighted by atomic mass is 10.2. The zero-order chi connectivity index (χ0) is 20.3. The number of fused-ring (bicyclic) bond motifs is 1. The molecule has 0 spiro atoms. The van der Waals surface area contributed by atoms with Crippen LogP contribution in [0, 0.1) is 11.6 Å². The first-order valence-corrected chi connectivity index (χ1v) is 10.6. The average Bonchev–Trinajstić information content (AvgIpc) is 2.67. The van der Waals surface area contributed by atoms with Crippen LogP contribution >= 0.6 is 0 Å². The highest BCUT2D eigenvalue weighted by atomic mass is 32.2. The number of hydrogen-bond donors (Lipinski definition) is 1. The molecule has 7 nitrogen and oxygen atoms in total. The second-order valence-electron chi connectivity index (χ2n) is 6.21. The van der Waals surface area contributed by atoms with Gasteiger partial charge in [0.15, 0.2) is 21.5 Å². The summed E-state index contributed by atoms with van der Waals surface area (Å²) in [6.07, 6.45) is 3.72. The molecule has 0 bridgehead atoms. The molecule has 0 saturated heterocycles. The summed E-state index contributed by atoms with van der Waals surface area (Å²) in [6, 6.07) is 2.16. The monoisotopic (exact) mass is 407 g/mol. The number of aromatic nitrogens is 4. The minimum absolute atomic E-state index is 0.0696. The van der Waals surface area contributed by atoms with Crippen molar-refractivity contribution in [2.24, 2.45) is 0 Å². The van der Waals surface area contributed by atoms with Gasteiger partial charge in [0.25, 0.3) is 0 Å². The highest BCUT2D eigenvalue weighted by molar-refractivity contribution is 7.90. The van der Waals surface area contributed by atoms with Crippen molar-refractivity contribution < 1.29 is 17.2 Å². The van der Waals surface area contributed by atoms with Gasteiger partial charge in [0.1, 0.15) is 34.7 Å². The Kier molecular flexibility index (Phi) is 5.78. The number of halogens is 2. The third-order valence-corrected chi connectivity index (χ3v) is 5.83. The molecule has 2 heterocycles. The fourth-order valence-corrected chi connectivity index (χ4v) is 4.18. The molecule has 2 aromatic heterocycles. The molecule has 0 amide bonds. The molecule has 0 unspecified atom stereocenters. The van der Waals surface area contributed by atoms with E-state index in [9.17, 15) is 17.2 Å². The van der Waals surface area contributed by atoms with E-state index in [2.05, 4.69) is 25.3 Å². The minimum atomic E-state index is -3.49. The first kappa shape index (κ1) is 20.0. The number of nitrogens with one attached hydrogen (secondary N) is 1. The number of rotatable bonds is 7. The Bertz CT molecular complexity index is 1120. The van der Waals surface area contributed by atoms with Crippen LogP contribution in [-0.4, -0.2) is 34.1 Å². The van der Waals surface area contributed by atoms with Crippen molar-refractivity contribution in [1.82, 2.24) is 19.9 Å². The average molecular weight is 407 g/mol. The fourth-order valence-electron chi connectivity index (χ4n) is 2.71. The van der Waals surface area contributed by atoms with Crippen LogP contribution in [0.1, 0.15) is 31.7 Å². The molecule has 0 aliphatic carbocycles. The molecule has 148 valence electrons. The van der Waals surface area contributed by atoms with Crippen molar-refractivity contribution >= 4 is 32.4 Å². The minimum Gasteiger partial charge on any atom is -0.333 e. The van der Waals surface area contributed by atoms with Crippen molar-refractivity contribution in [3.05, 3.63) is 47.7 Å². The largest absolute Gasteiger partial charge is 0.333 e. The van der Waals surface area contributed by atoms with Crippen LogP contribution in [0.3, 0.4) is 0 Å². The van der Waals surface area contributed by atoms with E-state index in [-0.39, 0.29) is 17.1 Å². The zero-order valence-corrected chi connectivity index (χ0v) is 16.2. The van der Waals surface area contributed by atoms with Gasteiger partial charge >= 0.3 is 0 Å². The molecule has 1 aromatic carbocycles. The third kappa shape index (κ3) is 4.22. The molecule has 0 atom stereocenters. The van der Waals surface area contributed by atoms with Gasteiger partial charge in [-0.1, -0.05) is 19.9 Å². The van der Waals surface area contributed by atoms with Crippen molar-refractivity contribution in [3.63, 3.8) is 0 Å². The van der Waals surface area contributed by atoms with E-state index >= 15 is 0 Å². The number of benzene rings is 1. The topological polar surface area (TPSA) is 97.7 Å².